The molecule has 2 aromatic rings. The molecule has 146 valence electrons. The van der Waals surface area contributed by atoms with Gasteiger partial charge < -0.3 is 15.7 Å². The molecule has 0 amide bonds. The molecule has 3 rings (SSSR count). The number of tetrazole rings is 1. The number of nitrogens with two attached hydrogens (primary N) is 1. The molecular formula is C18H27N7O2. The highest BCUT2D eigenvalue weighted by Crippen LogP contribution is 2.31. The van der Waals surface area contributed by atoms with Crippen LogP contribution < -0.4 is 10.6 Å². The van der Waals surface area contributed by atoms with E-state index in [2.05, 4.69) is 30.5 Å². The standard InChI is InChI=1S/C18H27N7O2/c1-11(2)7-15(18(26)27)14(17-21-23-24-22-17)8-12-3-4-16(20-9-12)25-6-5-13(19)10-25/h3-4,9,11,13-15H,5-8,10,19H2,1-2H3,(H,26,27)(H,21,22,23,24). The zero-order chi connectivity index (χ0) is 19.4. The molecule has 0 saturated carbocycles. The number of carboxylic acids is 1. The van der Waals surface area contributed by atoms with Gasteiger partial charge in [-0.05, 0) is 36.8 Å². The molecule has 1 fully saturated rings. The molecule has 3 atom stereocenters. The van der Waals surface area contributed by atoms with E-state index in [1.807, 2.05) is 26.0 Å². The van der Waals surface area contributed by atoms with Crippen LogP contribution in [-0.4, -0.2) is 55.8 Å². The van der Waals surface area contributed by atoms with Crippen LogP contribution in [0.15, 0.2) is 18.3 Å². The number of anilines is 1. The molecular weight excluding hydrogens is 346 g/mol. The van der Waals surface area contributed by atoms with Gasteiger partial charge in [0.05, 0.1) is 5.92 Å². The summed E-state index contributed by atoms with van der Waals surface area (Å²) in [6, 6.07) is 4.16. The Bertz CT molecular complexity index is 733. The summed E-state index contributed by atoms with van der Waals surface area (Å²) in [5, 5.41) is 23.9. The van der Waals surface area contributed by atoms with E-state index in [-0.39, 0.29) is 17.9 Å². The first-order valence-corrected chi connectivity index (χ1v) is 9.35. The van der Waals surface area contributed by atoms with Crippen molar-refractivity contribution < 1.29 is 9.90 Å². The topological polar surface area (TPSA) is 134 Å². The van der Waals surface area contributed by atoms with Gasteiger partial charge in [0.2, 0.25) is 0 Å². The van der Waals surface area contributed by atoms with Crippen molar-refractivity contribution in [1.29, 1.82) is 0 Å². The monoisotopic (exact) mass is 373 g/mol. The molecule has 1 saturated heterocycles. The van der Waals surface area contributed by atoms with Crippen LogP contribution in [0.25, 0.3) is 0 Å². The minimum Gasteiger partial charge on any atom is -0.481 e. The number of carbonyl (C=O) groups is 1. The Balaban J connectivity index is 1.78. The number of nitrogens with zero attached hydrogens (tertiary/aromatic N) is 5. The predicted molar refractivity (Wildman–Crippen MR) is 100 cm³/mol. The van der Waals surface area contributed by atoms with Gasteiger partial charge in [0, 0.05) is 31.2 Å². The lowest BCUT2D eigenvalue weighted by molar-refractivity contribution is -0.143. The highest BCUT2D eigenvalue weighted by Gasteiger charge is 2.33. The van der Waals surface area contributed by atoms with Crippen molar-refractivity contribution in [2.24, 2.45) is 17.6 Å². The van der Waals surface area contributed by atoms with Gasteiger partial charge in [-0.25, -0.2) is 4.98 Å². The second-order valence-corrected chi connectivity index (χ2v) is 7.67. The van der Waals surface area contributed by atoms with Crippen molar-refractivity contribution in [3.63, 3.8) is 0 Å². The fourth-order valence-corrected chi connectivity index (χ4v) is 3.66. The average Bonchev–Trinajstić information content (AvgIpc) is 3.30. The lowest BCUT2D eigenvalue weighted by Gasteiger charge is -2.23. The summed E-state index contributed by atoms with van der Waals surface area (Å²) < 4.78 is 0. The van der Waals surface area contributed by atoms with Gasteiger partial charge in [-0.15, -0.1) is 10.2 Å². The Labute approximate surface area is 158 Å². The van der Waals surface area contributed by atoms with E-state index < -0.39 is 11.9 Å². The van der Waals surface area contributed by atoms with E-state index in [1.54, 1.807) is 6.20 Å². The van der Waals surface area contributed by atoms with Gasteiger partial charge in [0.1, 0.15) is 5.82 Å². The molecule has 9 heteroatoms. The Morgan fingerprint density at radius 3 is 2.78 bits per heavy atom. The van der Waals surface area contributed by atoms with Gasteiger partial charge in [0.25, 0.3) is 0 Å². The van der Waals surface area contributed by atoms with E-state index in [4.69, 9.17) is 5.73 Å². The van der Waals surface area contributed by atoms with Crippen LogP contribution in [0.4, 0.5) is 5.82 Å². The van der Waals surface area contributed by atoms with E-state index >= 15 is 0 Å². The molecule has 0 spiro atoms. The number of aromatic nitrogens is 5. The fraction of sp³-hybridized carbons (Fsp3) is 0.611. The van der Waals surface area contributed by atoms with Crippen LogP contribution in [0.2, 0.25) is 0 Å². The summed E-state index contributed by atoms with van der Waals surface area (Å²) in [6.07, 6.45) is 3.82. The molecule has 1 aliphatic heterocycles. The second kappa shape index (κ2) is 8.43. The fourth-order valence-electron chi connectivity index (χ4n) is 3.66. The van der Waals surface area contributed by atoms with Crippen LogP contribution >= 0.6 is 0 Å². The van der Waals surface area contributed by atoms with Gasteiger partial charge in [-0.3, -0.25) is 4.79 Å². The Morgan fingerprint density at radius 1 is 1.44 bits per heavy atom. The van der Waals surface area contributed by atoms with Crippen molar-refractivity contribution in [2.75, 3.05) is 18.0 Å². The summed E-state index contributed by atoms with van der Waals surface area (Å²) in [6.45, 7) is 5.75. The SMILES string of the molecule is CC(C)CC(C(=O)O)C(Cc1ccc(N2CCC(N)C2)nc1)c1nn[nH]n1. The zero-order valence-electron chi connectivity index (χ0n) is 15.7. The first-order chi connectivity index (χ1) is 12.9. The quantitative estimate of drug-likeness (QED) is 0.628. The highest BCUT2D eigenvalue weighted by atomic mass is 16.4. The Kier molecular flexibility index (Phi) is 6.00. The van der Waals surface area contributed by atoms with E-state index in [9.17, 15) is 9.90 Å². The normalized spacial score (nSPS) is 19.4. The summed E-state index contributed by atoms with van der Waals surface area (Å²) in [5.74, 6) is -0.206. The van der Waals surface area contributed by atoms with E-state index in [0.29, 0.717) is 18.7 Å². The molecule has 9 nitrogen and oxygen atoms in total. The van der Waals surface area contributed by atoms with Crippen molar-refractivity contribution in [1.82, 2.24) is 25.6 Å². The summed E-state index contributed by atoms with van der Waals surface area (Å²) in [4.78, 5) is 18.6. The minimum atomic E-state index is -0.839. The molecule has 27 heavy (non-hydrogen) atoms. The first-order valence-electron chi connectivity index (χ1n) is 9.35. The molecule has 0 aliphatic carbocycles. The Hall–Kier alpha value is -2.55. The number of aliphatic carboxylic acids is 1. The molecule has 0 bridgehead atoms. The maximum absolute atomic E-state index is 11.9. The maximum Gasteiger partial charge on any atom is 0.307 e. The number of hydrogen-bond donors (Lipinski definition) is 3. The molecule has 1 aliphatic rings. The molecule has 3 heterocycles. The average molecular weight is 373 g/mol. The van der Waals surface area contributed by atoms with E-state index in [0.717, 1.165) is 30.9 Å². The number of H-pyrrole nitrogens is 1. The molecule has 4 N–H and O–H groups in total. The van der Waals surface area contributed by atoms with Gasteiger partial charge in [0.15, 0.2) is 5.82 Å². The van der Waals surface area contributed by atoms with Gasteiger partial charge in [-0.1, -0.05) is 25.1 Å². The van der Waals surface area contributed by atoms with Crippen LogP contribution in [0, 0.1) is 11.8 Å². The Morgan fingerprint density at radius 2 is 2.26 bits per heavy atom. The third-order valence-electron chi connectivity index (χ3n) is 5.04. The first kappa shape index (κ1) is 19.2. The number of carboxylic acid groups (broad SMARTS) is 1. The third-order valence-corrected chi connectivity index (χ3v) is 5.04. The van der Waals surface area contributed by atoms with Crippen LogP contribution in [0.3, 0.4) is 0 Å². The minimum absolute atomic E-state index is 0.196. The second-order valence-electron chi connectivity index (χ2n) is 7.67. The molecule has 0 radical (unpaired) electrons. The maximum atomic E-state index is 11.9. The number of nitrogens with one attached hydrogen (secondary N) is 1. The third kappa shape index (κ3) is 4.79. The largest absolute Gasteiger partial charge is 0.481 e. The lowest BCUT2D eigenvalue weighted by atomic mass is 9.81. The zero-order valence-corrected chi connectivity index (χ0v) is 15.7. The van der Waals surface area contributed by atoms with Gasteiger partial charge >= 0.3 is 5.97 Å². The number of pyridine rings is 1. The molecule has 0 aromatic carbocycles. The summed E-state index contributed by atoms with van der Waals surface area (Å²) >= 11 is 0. The smallest absolute Gasteiger partial charge is 0.307 e. The van der Waals surface area contributed by atoms with E-state index in [1.165, 1.54) is 0 Å². The van der Waals surface area contributed by atoms with Crippen LogP contribution in [0.5, 0.6) is 0 Å². The number of aromatic amines is 1. The van der Waals surface area contributed by atoms with Crippen molar-refractivity contribution in [3.8, 4) is 0 Å². The number of hydrogen-bond acceptors (Lipinski definition) is 7. The highest BCUT2D eigenvalue weighted by molar-refractivity contribution is 5.71. The summed E-state index contributed by atoms with van der Waals surface area (Å²) in [5.41, 5.74) is 6.92. The predicted octanol–water partition coefficient (Wildman–Crippen LogP) is 1.21. The molecule has 2 aromatic heterocycles. The summed E-state index contributed by atoms with van der Waals surface area (Å²) in [7, 11) is 0. The van der Waals surface area contributed by atoms with Gasteiger partial charge in [-0.2, -0.15) is 5.21 Å². The van der Waals surface area contributed by atoms with Crippen LogP contribution in [0.1, 0.15) is 44.0 Å². The van der Waals surface area contributed by atoms with Crippen molar-refractivity contribution in [2.45, 2.75) is 45.1 Å². The van der Waals surface area contributed by atoms with Crippen molar-refractivity contribution in [3.05, 3.63) is 29.7 Å². The number of rotatable bonds is 8. The molecule has 3 unspecified atom stereocenters. The lowest BCUT2D eigenvalue weighted by Crippen LogP contribution is -2.27. The van der Waals surface area contributed by atoms with Crippen LogP contribution in [-0.2, 0) is 11.2 Å². The van der Waals surface area contributed by atoms with Crippen molar-refractivity contribution >= 4 is 11.8 Å².